The van der Waals surface area contributed by atoms with E-state index in [2.05, 4.69) is 5.32 Å². The number of hydrogen-bond acceptors (Lipinski definition) is 4. The number of amides is 2. The van der Waals surface area contributed by atoms with E-state index in [9.17, 15) is 18.0 Å². The number of benzene rings is 3. The summed E-state index contributed by atoms with van der Waals surface area (Å²) < 4.78 is 28.5. The molecule has 1 heterocycles. The van der Waals surface area contributed by atoms with Crippen molar-refractivity contribution in [3.8, 4) is 0 Å². The van der Waals surface area contributed by atoms with Gasteiger partial charge in [0.15, 0.2) is 0 Å². The highest BCUT2D eigenvalue weighted by Crippen LogP contribution is 2.28. The Hall–Kier alpha value is -3.65. The second kappa shape index (κ2) is 11.2. The molecule has 0 atom stereocenters. The SMILES string of the molecule is Cc1ccc(S(=O)(=O)N(CC(=O)NCc2ccc(CN3CCCC3=O)cc2)c2cc(C)ccc2C)cc1. The standard InChI is InChI=1S/C29H33N3O4S/c1-21-7-14-26(15-8-21)37(35,36)32(27-17-22(2)6-9-23(27)3)20-28(33)30-18-24-10-12-25(13-11-24)19-31-16-4-5-29(31)34/h6-15,17H,4-5,16,18-20H2,1-3H3,(H,30,33). The van der Waals surface area contributed by atoms with Gasteiger partial charge in [0.25, 0.3) is 10.0 Å². The van der Waals surface area contributed by atoms with Crippen molar-refractivity contribution in [1.82, 2.24) is 10.2 Å². The van der Waals surface area contributed by atoms with E-state index in [1.165, 1.54) is 4.31 Å². The lowest BCUT2D eigenvalue weighted by Gasteiger charge is -2.26. The lowest BCUT2D eigenvalue weighted by Crippen LogP contribution is -2.41. The Kier molecular flexibility index (Phi) is 7.97. The van der Waals surface area contributed by atoms with Crippen molar-refractivity contribution in [2.24, 2.45) is 0 Å². The predicted molar refractivity (Wildman–Crippen MR) is 145 cm³/mol. The fourth-order valence-electron chi connectivity index (χ4n) is 4.37. The molecule has 2 amide bonds. The third-order valence-corrected chi connectivity index (χ3v) is 8.36. The number of nitrogens with one attached hydrogen (secondary N) is 1. The summed E-state index contributed by atoms with van der Waals surface area (Å²) in [4.78, 5) is 26.9. The van der Waals surface area contributed by atoms with Crippen LogP contribution in [0, 0.1) is 20.8 Å². The van der Waals surface area contributed by atoms with Crippen molar-refractivity contribution >= 4 is 27.5 Å². The minimum atomic E-state index is -3.97. The number of carbonyl (C=O) groups excluding carboxylic acids is 2. The van der Waals surface area contributed by atoms with Crippen LogP contribution in [0.25, 0.3) is 0 Å². The molecular weight excluding hydrogens is 486 g/mol. The molecule has 1 N–H and O–H groups in total. The lowest BCUT2D eigenvalue weighted by atomic mass is 10.1. The van der Waals surface area contributed by atoms with E-state index < -0.39 is 15.9 Å². The molecule has 0 aliphatic carbocycles. The van der Waals surface area contributed by atoms with Gasteiger partial charge in [0.1, 0.15) is 6.54 Å². The van der Waals surface area contributed by atoms with Crippen molar-refractivity contribution in [2.75, 3.05) is 17.4 Å². The first kappa shape index (κ1) is 26.4. The summed E-state index contributed by atoms with van der Waals surface area (Å²) in [6.07, 6.45) is 1.52. The van der Waals surface area contributed by atoms with Crippen LogP contribution in [0.5, 0.6) is 0 Å². The maximum Gasteiger partial charge on any atom is 0.264 e. The van der Waals surface area contributed by atoms with E-state index in [1.54, 1.807) is 30.3 Å². The number of rotatable bonds is 9. The summed E-state index contributed by atoms with van der Waals surface area (Å²) in [5, 5.41) is 2.86. The summed E-state index contributed by atoms with van der Waals surface area (Å²) in [5.74, 6) is -0.214. The van der Waals surface area contributed by atoms with Crippen molar-refractivity contribution < 1.29 is 18.0 Å². The second-order valence-electron chi connectivity index (χ2n) is 9.63. The Balaban J connectivity index is 1.48. The van der Waals surface area contributed by atoms with Crippen molar-refractivity contribution in [1.29, 1.82) is 0 Å². The Morgan fingerprint density at radius 2 is 1.57 bits per heavy atom. The molecule has 1 fully saturated rings. The monoisotopic (exact) mass is 519 g/mol. The van der Waals surface area contributed by atoms with Gasteiger partial charge in [-0.05, 0) is 67.6 Å². The number of anilines is 1. The summed E-state index contributed by atoms with van der Waals surface area (Å²) >= 11 is 0. The van der Waals surface area contributed by atoms with Crippen LogP contribution in [0.1, 0.15) is 40.7 Å². The van der Waals surface area contributed by atoms with Crippen molar-refractivity contribution in [3.05, 3.63) is 94.5 Å². The highest BCUT2D eigenvalue weighted by atomic mass is 32.2. The van der Waals surface area contributed by atoms with Gasteiger partial charge in [-0.25, -0.2) is 8.42 Å². The third kappa shape index (κ3) is 6.38. The smallest absolute Gasteiger partial charge is 0.264 e. The second-order valence-corrected chi connectivity index (χ2v) is 11.5. The van der Waals surface area contributed by atoms with Gasteiger partial charge in [0, 0.05) is 26.1 Å². The maximum atomic E-state index is 13.6. The summed E-state index contributed by atoms with van der Waals surface area (Å²) in [7, 11) is -3.97. The molecule has 8 heteroatoms. The van der Waals surface area contributed by atoms with Crippen LogP contribution >= 0.6 is 0 Å². The first-order chi connectivity index (χ1) is 17.6. The summed E-state index contributed by atoms with van der Waals surface area (Å²) in [5.41, 5.74) is 5.03. The van der Waals surface area contributed by atoms with Gasteiger partial charge in [-0.2, -0.15) is 0 Å². The molecule has 0 aromatic heterocycles. The minimum Gasteiger partial charge on any atom is -0.350 e. The van der Waals surface area contributed by atoms with E-state index in [4.69, 9.17) is 0 Å². The number of hydrogen-bond donors (Lipinski definition) is 1. The molecular formula is C29H33N3O4S. The van der Waals surface area contributed by atoms with Crippen LogP contribution < -0.4 is 9.62 Å². The summed E-state index contributed by atoms with van der Waals surface area (Å²) in [6.45, 7) is 6.93. The Labute approximate surface area is 219 Å². The zero-order valence-electron chi connectivity index (χ0n) is 21.5. The van der Waals surface area contributed by atoms with Crippen LogP contribution in [0.15, 0.2) is 71.6 Å². The predicted octanol–water partition coefficient (Wildman–Crippen LogP) is 4.25. The average Bonchev–Trinajstić information content (AvgIpc) is 3.28. The average molecular weight is 520 g/mol. The highest BCUT2D eigenvalue weighted by Gasteiger charge is 2.28. The van der Waals surface area contributed by atoms with Crippen molar-refractivity contribution in [2.45, 2.75) is 51.6 Å². The van der Waals surface area contributed by atoms with Gasteiger partial charge in [-0.1, -0.05) is 54.1 Å². The highest BCUT2D eigenvalue weighted by molar-refractivity contribution is 7.92. The number of likely N-dealkylation sites (tertiary alicyclic amines) is 1. The van der Waals surface area contributed by atoms with E-state index in [0.29, 0.717) is 18.7 Å². The first-order valence-electron chi connectivity index (χ1n) is 12.4. The van der Waals surface area contributed by atoms with E-state index >= 15 is 0 Å². The van der Waals surface area contributed by atoms with Crippen molar-refractivity contribution in [3.63, 3.8) is 0 Å². The molecule has 0 saturated carbocycles. The van der Waals surface area contributed by atoms with E-state index in [1.807, 2.05) is 62.1 Å². The molecule has 0 bridgehead atoms. The quantitative estimate of drug-likeness (QED) is 0.458. The fraction of sp³-hybridized carbons (Fsp3) is 0.310. The molecule has 0 radical (unpaired) electrons. The van der Waals surface area contributed by atoms with Gasteiger partial charge in [0.05, 0.1) is 10.6 Å². The number of aryl methyl sites for hydroxylation is 3. The van der Waals surface area contributed by atoms with E-state index in [-0.39, 0.29) is 23.9 Å². The molecule has 4 rings (SSSR count). The van der Waals surface area contributed by atoms with Crippen LogP contribution in [0.3, 0.4) is 0 Å². The Morgan fingerprint density at radius 3 is 2.22 bits per heavy atom. The molecule has 1 saturated heterocycles. The molecule has 37 heavy (non-hydrogen) atoms. The normalized spacial score (nSPS) is 13.6. The van der Waals surface area contributed by atoms with Gasteiger partial charge in [-0.15, -0.1) is 0 Å². The van der Waals surface area contributed by atoms with Crippen LogP contribution in [-0.2, 0) is 32.7 Å². The number of carbonyl (C=O) groups is 2. The summed E-state index contributed by atoms with van der Waals surface area (Å²) in [6, 6.07) is 19.9. The third-order valence-electron chi connectivity index (χ3n) is 6.59. The molecule has 7 nitrogen and oxygen atoms in total. The first-order valence-corrected chi connectivity index (χ1v) is 13.9. The zero-order valence-corrected chi connectivity index (χ0v) is 22.3. The van der Waals surface area contributed by atoms with E-state index in [0.717, 1.165) is 40.8 Å². The molecule has 3 aromatic rings. The molecule has 0 unspecified atom stereocenters. The largest absolute Gasteiger partial charge is 0.350 e. The Bertz CT molecular complexity index is 1380. The molecule has 0 spiro atoms. The minimum absolute atomic E-state index is 0.138. The molecule has 194 valence electrons. The van der Waals surface area contributed by atoms with Gasteiger partial charge >= 0.3 is 0 Å². The van der Waals surface area contributed by atoms with Gasteiger partial charge < -0.3 is 10.2 Å². The van der Waals surface area contributed by atoms with Crippen LogP contribution in [-0.4, -0.2) is 38.2 Å². The number of nitrogens with zero attached hydrogens (tertiary/aromatic N) is 2. The van der Waals surface area contributed by atoms with Gasteiger partial charge in [0.2, 0.25) is 11.8 Å². The van der Waals surface area contributed by atoms with Gasteiger partial charge in [-0.3, -0.25) is 13.9 Å². The zero-order chi connectivity index (χ0) is 26.6. The molecule has 3 aromatic carbocycles. The van der Waals surface area contributed by atoms with Crippen LogP contribution in [0.2, 0.25) is 0 Å². The Morgan fingerprint density at radius 1 is 0.919 bits per heavy atom. The number of sulfonamides is 1. The fourth-order valence-corrected chi connectivity index (χ4v) is 5.84. The topological polar surface area (TPSA) is 86.8 Å². The lowest BCUT2D eigenvalue weighted by molar-refractivity contribution is -0.128. The maximum absolute atomic E-state index is 13.6. The van der Waals surface area contributed by atoms with Crippen LogP contribution in [0.4, 0.5) is 5.69 Å². The molecule has 1 aliphatic rings. The molecule has 1 aliphatic heterocycles.